The minimum Gasteiger partial charge on any atom is -0.443 e. The van der Waals surface area contributed by atoms with Crippen LogP contribution < -0.4 is 4.90 Å². The molecule has 2 aromatic rings. The Labute approximate surface area is 143 Å². The van der Waals surface area contributed by atoms with E-state index in [9.17, 15) is 18.0 Å². The fraction of sp³-hybridized carbons (Fsp3) is 0.438. The monoisotopic (exact) mass is 356 g/mol. The van der Waals surface area contributed by atoms with Gasteiger partial charge in [-0.2, -0.15) is 18.3 Å². The van der Waals surface area contributed by atoms with Crippen molar-refractivity contribution < 1.29 is 22.7 Å². The maximum absolute atomic E-state index is 13.0. The Hall–Kier alpha value is -2.58. The van der Waals surface area contributed by atoms with Crippen molar-refractivity contribution in [1.82, 2.24) is 14.8 Å². The van der Waals surface area contributed by atoms with E-state index < -0.39 is 24.4 Å². The van der Waals surface area contributed by atoms with Gasteiger partial charge in [0.1, 0.15) is 12.1 Å². The molecular formula is C16H19F3N4O2. The maximum atomic E-state index is 13.0. The SMILES string of the molecule is Cc1nn(-c2cccnc2)cc1N(CC(F)(F)F)C(=O)OC(C)(C)C. The van der Waals surface area contributed by atoms with Gasteiger partial charge in [-0.15, -0.1) is 0 Å². The van der Waals surface area contributed by atoms with Crippen LogP contribution in [0.2, 0.25) is 0 Å². The molecule has 0 radical (unpaired) electrons. The molecule has 0 unspecified atom stereocenters. The van der Waals surface area contributed by atoms with Gasteiger partial charge < -0.3 is 4.74 Å². The highest BCUT2D eigenvalue weighted by molar-refractivity contribution is 5.88. The topological polar surface area (TPSA) is 60.2 Å². The van der Waals surface area contributed by atoms with E-state index in [1.165, 1.54) is 24.0 Å². The molecule has 0 saturated carbocycles. The van der Waals surface area contributed by atoms with E-state index in [2.05, 4.69) is 10.1 Å². The van der Waals surface area contributed by atoms with Crippen LogP contribution in [0.25, 0.3) is 5.69 Å². The van der Waals surface area contributed by atoms with Gasteiger partial charge in [0.25, 0.3) is 0 Å². The van der Waals surface area contributed by atoms with E-state index in [-0.39, 0.29) is 11.4 Å². The molecule has 0 saturated heterocycles. The average molecular weight is 356 g/mol. The largest absolute Gasteiger partial charge is 0.443 e. The van der Waals surface area contributed by atoms with Crippen LogP contribution in [0.1, 0.15) is 26.5 Å². The van der Waals surface area contributed by atoms with Gasteiger partial charge in [0.05, 0.1) is 29.5 Å². The van der Waals surface area contributed by atoms with Crippen LogP contribution in [0.5, 0.6) is 0 Å². The minimum absolute atomic E-state index is 0.0235. The number of pyridine rings is 1. The summed E-state index contributed by atoms with van der Waals surface area (Å²) in [6.07, 6.45) is -1.24. The molecule has 25 heavy (non-hydrogen) atoms. The number of aryl methyl sites for hydroxylation is 1. The van der Waals surface area contributed by atoms with Gasteiger partial charge in [-0.1, -0.05) is 0 Å². The Morgan fingerprint density at radius 3 is 2.52 bits per heavy atom. The molecule has 0 fully saturated rings. The highest BCUT2D eigenvalue weighted by Crippen LogP contribution is 2.27. The molecule has 0 spiro atoms. The highest BCUT2D eigenvalue weighted by Gasteiger charge is 2.37. The van der Waals surface area contributed by atoms with Gasteiger partial charge in [-0.25, -0.2) is 9.48 Å². The average Bonchev–Trinajstić information content (AvgIpc) is 2.85. The van der Waals surface area contributed by atoms with Crippen molar-refractivity contribution in [3.63, 3.8) is 0 Å². The molecule has 0 aliphatic rings. The van der Waals surface area contributed by atoms with E-state index in [1.54, 1.807) is 39.1 Å². The number of ether oxygens (including phenoxy) is 1. The van der Waals surface area contributed by atoms with E-state index >= 15 is 0 Å². The van der Waals surface area contributed by atoms with E-state index in [0.29, 0.717) is 10.6 Å². The first-order chi connectivity index (χ1) is 11.5. The van der Waals surface area contributed by atoms with Crippen LogP contribution in [-0.2, 0) is 4.74 Å². The number of amides is 1. The zero-order chi connectivity index (χ0) is 18.8. The predicted molar refractivity (Wildman–Crippen MR) is 85.7 cm³/mol. The molecule has 136 valence electrons. The number of carbonyl (C=O) groups is 1. The summed E-state index contributed by atoms with van der Waals surface area (Å²) in [5, 5.41) is 4.17. The maximum Gasteiger partial charge on any atom is 0.415 e. The second-order valence-corrected chi connectivity index (χ2v) is 6.44. The van der Waals surface area contributed by atoms with Gasteiger partial charge in [0.15, 0.2) is 0 Å². The standard InChI is InChI=1S/C16H19F3N4O2/c1-11-13(9-23(21-11)12-6-5-7-20-8-12)22(10-16(17,18)19)14(24)25-15(2,3)4/h5-9H,10H2,1-4H3. The van der Waals surface area contributed by atoms with Crippen LogP contribution in [0.15, 0.2) is 30.7 Å². The number of alkyl halides is 3. The highest BCUT2D eigenvalue weighted by atomic mass is 19.4. The summed E-state index contributed by atoms with van der Waals surface area (Å²) >= 11 is 0. The second kappa shape index (κ2) is 6.73. The number of anilines is 1. The van der Waals surface area contributed by atoms with Crippen LogP contribution in [0.4, 0.5) is 23.7 Å². The van der Waals surface area contributed by atoms with Crippen LogP contribution in [-0.4, -0.2) is 39.2 Å². The number of hydrogen-bond donors (Lipinski definition) is 0. The van der Waals surface area contributed by atoms with Crippen molar-refractivity contribution in [1.29, 1.82) is 0 Å². The summed E-state index contributed by atoms with van der Waals surface area (Å²) in [6.45, 7) is 4.81. The normalized spacial score (nSPS) is 12.1. The molecule has 2 aromatic heterocycles. The summed E-state index contributed by atoms with van der Waals surface area (Å²) in [4.78, 5) is 16.8. The Morgan fingerprint density at radius 1 is 1.32 bits per heavy atom. The third-order valence-corrected chi connectivity index (χ3v) is 3.03. The molecule has 0 atom stereocenters. The molecule has 9 heteroatoms. The lowest BCUT2D eigenvalue weighted by molar-refractivity contribution is -0.119. The van der Waals surface area contributed by atoms with Gasteiger partial charge in [0, 0.05) is 6.20 Å². The van der Waals surface area contributed by atoms with Crippen molar-refractivity contribution in [2.24, 2.45) is 0 Å². The van der Waals surface area contributed by atoms with Crippen molar-refractivity contribution >= 4 is 11.8 Å². The third-order valence-electron chi connectivity index (χ3n) is 3.03. The first-order valence-electron chi connectivity index (χ1n) is 7.50. The van der Waals surface area contributed by atoms with Gasteiger partial charge in [-0.3, -0.25) is 9.88 Å². The summed E-state index contributed by atoms with van der Waals surface area (Å²) in [5.41, 5.74) is -0.0730. The zero-order valence-corrected chi connectivity index (χ0v) is 14.3. The number of rotatable bonds is 3. The van der Waals surface area contributed by atoms with Gasteiger partial charge >= 0.3 is 12.3 Å². The predicted octanol–water partition coefficient (Wildman–Crippen LogP) is 3.88. The van der Waals surface area contributed by atoms with E-state index in [4.69, 9.17) is 4.74 Å². The lowest BCUT2D eigenvalue weighted by Gasteiger charge is -2.27. The Balaban J connectivity index is 2.40. The summed E-state index contributed by atoms with van der Waals surface area (Å²) < 4.78 is 45.4. The molecule has 2 heterocycles. The van der Waals surface area contributed by atoms with E-state index in [1.807, 2.05) is 0 Å². The first kappa shape index (κ1) is 18.8. The lowest BCUT2D eigenvalue weighted by Crippen LogP contribution is -2.42. The summed E-state index contributed by atoms with van der Waals surface area (Å²) in [5.74, 6) is 0. The van der Waals surface area contributed by atoms with Crippen LogP contribution >= 0.6 is 0 Å². The lowest BCUT2D eigenvalue weighted by atomic mass is 10.2. The number of nitrogens with zero attached hydrogens (tertiary/aromatic N) is 4. The Bertz CT molecular complexity index is 736. The molecule has 0 aromatic carbocycles. The quantitative estimate of drug-likeness (QED) is 0.837. The van der Waals surface area contributed by atoms with Crippen LogP contribution in [0.3, 0.4) is 0 Å². The van der Waals surface area contributed by atoms with Gasteiger partial charge in [0.2, 0.25) is 0 Å². The second-order valence-electron chi connectivity index (χ2n) is 6.44. The smallest absolute Gasteiger partial charge is 0.415 e. The fourth-order valence-corrected chi connectivity index (χ4v) is 2.08. The molecule has 0 N–H and O–H groups in total. The van der Waals surface area contributed by atoms with Crippen molar-refractivity contribution in [3.05, 3.63) is 36.4 Å². The number of aromatic nitrogens is 3. The third kappa shape index (κ3) is 5.20. The Kier molecular flexibility index (Phi) is 5.05. The number of hydrogen-bond acceptors (Lipinski definition) is 4. The molecule has 2 rings (SSSR count). The van der Waals surface area contributed by atoms with Crippen molar-refractivity contribution in [2.75, 3.05) is 11.4 Å². The molecule has 0 bridgehead atoms. The Morgan fingerprint density at radius 2 is 2.00 bits per heavy atom. The molecule has 0 aliphatic heterocycles. The number of carbonyl (C=O) groups excluding carboxylic acids is 1. The fourth-order valence-electron chi connectivity index (χ4n) is 2.08. The molecular weight excluding hydrogens is 337 g/mol. The first-order valence-corrected chi connectivity index (χ1v) is 7.50. The minimum atomic E-state index is -4.58. The molecule has 6 nitrogen and oxygen atoms in total. The molecule has 0 aliphatic carbocycles. The zero-order valence-electron chi connectivity index (χ0n) is 14.3. The van der Waals surface area contributed by atoms with E-state index in [0.717, 1.165) is 0 Å². The van der Waals surface area contributed by atoms with Crippen molar-refractivity contribution in [3.8, 4) is 5.69 Å². The summed E-state index contributed by atoms with van der Waals surface area (Å²) in [6, 6.07) is 3.37. The number of halogens is 3. The van der Waals surface area contributed by atoms with Gasteiger partial charge in [-0.05, 0) is 39.8 Å². The molecule has 1 amide bonds. The van der Waals surface area contributed by atoms with Crippen LogP contribution in [0, 0.1) is 6.92 Å². The van der Waals surface area contributed by atoms with Crippen molar-refractivity contribution in [2.45, 2.75) is 39.5 Å². The summed E-state index contributed by atoms with van der Waals surface area (Å²) in [7, 11) is 0.